The zero-order valence-corrected chi connectivity index (χ0v) is 11.2. The number of carbonyl (C=O) groups is 1. The van der Waals surface area contributed by atoms with Crippen molar-refractivity contribution in [2.75, 3.05) is 4.90 Å². The van der Waals surface area contributed by atoms with E-state index < -0.39 is 0 Å². The third-order valence-electron chi connectivity index (χ3n) is 3.20. The Hall–Kier alpha value is -1.61. The molecule has 90 valence electrons. The van der Waals surface area contributed by atoms with Gasteiger partial charge in [0.2, 0.25) is 5.91 Å². The molecule has 0 aliphatic carbocycles. The quantitative estimate of drug-likeness (QED) is 0.614. The topological polar surface area (TPSA) is 20.3 Å². The van der Waals surface area contributed by atoms with Crippen LogP contribution in [-0.4, -0.2) is 10.7 Å². The fraction of sp³-hybridized carbons (Fsp3) is 0.133. The summed E-state index contributed by atoms with van der Waals surface area (Å²) in [6.45, 7) is 0. The minimum atomic E-state index is -0.125. The zero-order chi connectivity index (χ0) is 12.5. The van der Waals surface area contributed by atoms with E-state index in [2.05, 4.69) is 28.1 Å². The number of hydrogen-bond donors (Lipinski definition) is 0. The van der Waals surface area contributed by atoms with E-state index in [1.54, 1.807) is 0 Å². The number of amides is 1. The predicted molar refractivity (Wildman–Crippen MR) is 75.8 cm³/mol. The van der Waals surface area contributed by atoms with Crippen LogP contribution in [-0.2, 0) is 4.79 Å². The van der Waals surface area contributed by atoms with Crippen molar-refractivity contribution in [3.63, 3.8) is 0 Å². The largest absolute Gasteiger partial charge is 0.302 e. The Morgan fingerprint density at radius 2 is 1.44 bits per heavy atom. The average molecular weight is 302 g/mol. The van der Waals surface area contributed by atoms with Crippen LogP contribution in [0.4, 0.5) is 5.69 Å². The van der Waals surface area contributed by atoms with E-state index in [0.29, 0.717) is 0 Å². The fourth-order valence-corrected chi connectivity index (χ4v) is 3.06. The number of β-lactam (4-membered cyclic amide) rings is 1. The minimum Gasteiger partial charge on any atom is -0.302 e. The van der Waals surface area contributed by atoms with Gasteiger partial charge >= 0.3 is 0 Å². The lowest BCUT2D eigenvalue weighted by Gasteiger charge is -2.44. The molecule has 2 aromatic carbocycles. The van der Waals surface area contributed by atoms with E-state index in [1.807, 2.05) is 53.4 Å². The summed E-state index contributed by atoms with van der Waals surface area (Å²) in [4.78, 5) is 13.7. The molecule has 0 spiro atoms. The summed E-state index contributed by atoms with van der Waals surface area (Å²) >= 11 is 3.48. The lowest BCUT2D eigenvalue weighted by Crippen LogP contribution is -2.56. The summed E-state index contributed by atoms with van der Waals surface area (Å²) in [5.74, 6) is 0.120. The first-order valence-corrected chi connectivity index (χ1v) is 6.78. The highest BCUT2D eigenvalue weighted by Gasteiger charge is 2.47. The Kier molecular flexibility index (Phi) is 2.92. The van der Waals surface area contributed by atoms with Gasteiger partial charge in [-0.15, -0.1) is 0 Å². The van der Waals surface area contributed by atoms with Crippen molar-refractivity contribution in [3.05, 3.63) is 66.2 Å². The van der Waals surface area contributed by atoms with Gasteiger partial charge in [-0.2, -0.15) is 0 Å². The van der Waals surface area contributed by atoms with E-state index >= 15 is 0 Å². The molecule has 2 nitrogen and oxygen atoms in total. The summed E-state index contributed by atoms with van der Waals surface area (Å²) in [7, 11) is 0. The fourth-order valence-electron chi connectivity index (χ4n) is 2.30. The predicted octanol–water partition coefficient (Wildman–Crippen LogP) is 3.54. The molecule has 2 unspecified atom stereocenters. The van der Waals surface area contributed by atoms with Crippen LogP contribution in [0.5, 0.6) is 0 Å². The molecule has 0 saturated carbocycles. The van der Waals surface area contributed by atoms with E-state index in [4.69, 9.17) is 0 Å². The molecule has 1 aliphatic rings. The molecule has 1 fully saturated rings. The number of hydrogen-bond acceptors (Lipinski definition) is 1. The smallest absolute Gasteiger partial charge is 0.243 e. The third kappa shape index (κ3) is 1.75. The molecule has 2 atom stereocenters. The molecule has 1 amide bonds. The Labute approximate surface area is 114 Å². The van der Waals surface area contributed by atoms with Crippen LogP contribution in [0, 0.1) is 0 Å². The maximum absolute atomic E-state index is 12.0. The lowest BCUT2D eigenvalue weighted by atomic mass is 9.93. The first-order chi connectivity index (χ1) is 8.79. The van der Waals surface area contributed by atoms with Gasteiger partial charge in [0.05, 0.1) is 6.04 Å². The molecule has 0 radical (unpaired) electrons. The van der Waals surface area contributed by atoms with Gasteiger partial charge in [0.25, 0.3) is 0 Å². The zero-order valence-electron chi connectivity index (χ0n) is 9.66. The minimum absolute atomic E-state index is 0.0844. The summed E-state index contributed by atoms with van der Waals surface area (Å²) in [5, 5.41) is 0. The van der Waals surface area contributed by atoms with Gasteiger partial charge in [0, 0.05) is 5.69 Å². The molecule has 0 aromatic heterocycles. The highest BCUT2D eigenvalue weighted by Crippen LogP contribution is 2.42. The molecule has 3 heteroatoms. The van der Waals surface area contributed by atoms with Crippen molar-refractivity contribution in [1.82, 2.24) is 0 Å². The van der Waals surface area contributed by atoms with Crippen molar-refractivity contribution in [2.45, 2.75) is 10.9 Å². The second-order valence-corrected chi connectivity index (χ2v) is 5.29. The van der Waals surface area contributed by atoms with Crippen LogP contribution < -0.4 is 4.90 Å². The normalized spacial score (nSPS) is 22.7. The van der Waals surface area contributed by atoms with Crippen molar-refractivity contribution in [3.8, 4) is 0 Å². The molecule has 0 bridgehead atoms. The first-order valence-electron chi connectivity index (χ1n) is 5.86. The van der Waals surface area contributed by atoms with Crippen LogP contribution in [0.2, 0.25) is 0 Å². The Balaban J connectivity index is 1.97. The molecular weight excluding hydrogens is 290 g/mol. The van der Waals surface area contributed by atoms with Gasteiger partial charge in [-0.1, -0.05) is 64.5 Å². The van der Waals surface area contributed by atoms with Gasteiger partial charge in [-0.25, -0.2) is 0 Å². The van der Waals surface area contributed by atoms with Gasteiger partial charge in [0.15, 0.2) is 0 Å². The van der Waals surface area contributed by atoms with E-state index in [1.165, 1.54) is 0 Å². The average Bonchev–Trinajstić information content (AvgIpc) is 2.45. The van der Waals surface area contributed by atoms with E-state index in [9.17, 15) is 4.79 Å². The van der Waals surface area contributed by atoms with Crippen molar-refractivity contribution < 1.29 is 4.79 Å². The lowest BCUT2D eigenvalue weighted by molar-refractivity contribution is -0.123. The molecule has 1 aliphatic heterocycles. The molecule has 3 rings (SSSR count). The number of rotatable bonds is 2. The van der Waals surface area contributed by atoms with Crippen LogP contribution in [0.1, 0.15) is 11.6 Å². The van der Waals surface area contributed by atoms with Crippen LogP contribution in [0.15, 0.2) is 60.7 Å². The molecular formula is C15H12BrNO. The number of anilines is 1. The summed E-state index contributed by atoms with van der Waals surface area (Å²) in [5.41, 5.74) is 2.11. The summed E-state index contributed by atoms with van der Waals surface area (Å²) in [6, 6.07) is 20.0. The van der Waals surface area contributed by atoms with Crippen molar-refractivity contribution in [1.29, 1.82) is 0 Å². The SMILES string of the molecule is O=C1C(Br)C(c2ccccc2)N1c1ccccc1. The van der Waals surface area contributed by atoms with Gasteiger partial charge in [-0.05, 0) is 17.7 Å². The number of para-hydroxylation sites is 1. The maximum Gasteiger partial charge on any atom is 0.243 e. The van der Waals surface area contributed by atoms with Crippen molar-refractivity contribution in [2.24, 2.45) is 0 Å². The van der Waals surface area contributed by atoms with Gasteiger partial charge in [0.1, 0.15) is 4.83 Å². The second-order valence-electron chi connectivity index (χ2n) is 4.30. The van der Waals surface area contributed by atoms with Crippen LogP contribution >= 0.6 is 15.9 Å². The Morgan fingerprint density at radius 3 is 2.06 bits per heavy atom. The molecule has 1 heterocycles. The van der Waals surface area contributed by atoms with Crippen LogP contribution in [0.25, 0.3) is 0 Å². The Bertz CT molecular complexity index is 555. The highest BCUT2D eigenvalue weighted by atomic mass is 79.9. The number of nitrogens with zero attached hydrogens (tertiary/aromatic N) is 1. The first kappa shape index (κ1) is 11.5. The molecule has 18 heavy (non-hydrogen) atoms. The summed E-state index contributed by atoms with van der Waals surface area (Å²) < 4.78 is 0. The molecule has 2 aromatic rings. The monoisotopic (exact) mass is 301 g/mol. The van der Waals surface area contributed by atoms with Gasteiger partial charge in [-0.3, -0.25) is 4.79 Å². The molecule has 0 N–H and O–H groups in total. The number of benzene rings is 2. The maximum atomic E-state index is 12.0. The van der Waals surface area contributed by atoms with Gasteiger partial charge < -0.3 is 4.90 Å². The van der Waals surface area contributed by atoms with Crippen molar-refractivity contribution >= 4 is 27.5 Å². The third-order valence-corrected chi connectivity index (χ3v) is 4.10. The van der Waals surface area contributed by atoms with E-state index in [-0.39, 0.29) is 16.8 Å². The van der Waals surface area contributed by atoms with E-state index in [0.717, 1.165) is 11.3 Å². The standard InChI is InChI=1S/C15H12BrNO/c16-13-14(11-7-3-1-4-8-11)17(15(13)18)12-9-5-2-6-10-12/h1-10,13-14H. The van der Waals surface area contributed by atoms with Crippen LogP contribution in [0.3, 0.4) is 0 Å². The molecule has 1 saturated heterocycles. The Morgan fingerprint density at radius 1 is 0.889 bits per heavy atom. The number of alkyl halides is 1. The highest BCUT2D eigenvalue weighted by molar-refractivity contribution is 9.10. The number of carbonyl (C=O) groups excluding carboxylic acids is 1. The number of halogens is 1. The second kappa shape index (κ2) is 4.58. The summed E-state index contributed by atoms with van der Waals surface area (Å²) in [6.07, 6.45) is 0.